The molecule has 1 heterocycles. The molecule has 0 bridgehead atoms. The summed E-state index contributed by atoms with van der Waals surface area (Å²) in [5, 5.41) is 4.43. The molecule has 3 rings (SSSR count). The van der Waals surface area contributed by atoms with Crippen LogP contribution in [0.3, 0.4) is 0 Å². The van der Waals surface area contributed by atoms with Crippen molar-refractivity contribution < 1.29 is 4.79 Å². The number of aryl methyl sites for hydroxylation is 1. The Morgan fingerprint density at radius 1 is 1.16 bits per heavy atom. The zero-order valence-corrected chi connectivity index (χ0v) is 15.8. The van der Waals surface area contributed by atoms with Crippen molar-refractivity contribution in [3.05, 3.63) is 63.6 Å². The first kappa shape index (κ1) is 18.2. The van der Waals surface area contributed by atoms with E-state index in [0.717, 1.165) is 42.7 Å². The van der Waals surface area contributed by atoms with Crippen LogP contribution in [0.25, 0.3) is 0 Å². The van der Waals surface area contributed by atoms with Gasteiger partial charge >= 0.3 is 0 Å². The molecule has 0 aliphatic carbocycles. The zero-order chi connectivity index (χ0) is 17.8. The molecule has 0 radical (unpaired) electrons. The van der Waals surface area contributed by atoms with Gasteiger partial charge < -0.3 is 5.32 Å². The minimum atomic E-state index is -0.0189. The first-order chi connectivity index (χ1) is 12.0. The summed E-state index contributed by atoms with van der Waals surface area (Å²) in [5.41, 5.74) is 2.90. The zero-order valence-electron chi connectivity index (χ0n) is 14.3. The highest BCUT2D eigenvalue weighted by Gasteiger charge is 2.26. The van der Waals surface area contributed by atoms with Crippen LogP contribution in [0.4, 0.5) is 5.69 Å². The fourth-order valence-electron chi connectivity index (χ4n) is 3.27. The van der Waals surface area contributed by atoms with E-state index in [-0.39, 0.29) is 11.8 Å². The Labute approximate surface area is 158 Å². The minimum absolute atomic E-state index is 0.0189. The third-order valence-electron chi connectivity index (χ3n) is 4.72. The monoisotopic (exact) mass is 376 g/mol. The Morgan fingerprint density at radius 2 is 1.88 bits per heavy atom. The van der Waals surface area contributed by atoms with Crippen LogP contribution in [-0.4, -0.2) is 23.9 Å². The maximum absolute atomic E-state index is 12.7. The van der Waals surface area contributed by atoms with Crippen LogP contribution in [-0.2, 0) is 11.3 Å². The Balaban J connectivity index is 1.65. The maximum atomic E-state index is 12.7. The lowest BCUT2D eigenvalue weighted by Crippen LogP contribution is -2.40. The van der Waals surface area contributed by atoms with Crippen molar-refractivity contribution in [3.8, 4) is 0 Å². The highest BCUT2D eigenvalue weighted by atomic mass is 35.5. The molecule has 3 nitrogen and oxygen atoms in total. The molecule has 132 valence electrons. The van der Waals surface area contributed by atoms with Crippen LogP contribution in [0.1, 0.15) is 24.0 Å². The summed E-state index contributed by atoms with van der Waals surface area (Å²) in [6.45, 7) is 4.35. The molecule has 1 aliphatic heterocycles. The first-order valence-corrected chi connectivity index (χ1v) is 9.32. The number of anilines is 1. The van der Waals surface area contributed by atoms with Gasteiger partial charge in [0.2, 0.25) is 5.91 Å². The summed E-state index contributed by atoms with van der Waals surface area (Å²) < 4.78 is 0. The topological polar surface area (TPSA) is 32.3 Å². The number of para-hydroxylation sites is 1. The highest BCUT2D eigenvalue weighted by molar-refractivity contribution is 6.35. The summed E-state index contributed by atoms with van der Waals surface area (Å²) in [4.78, 5) is 14.9. The van der Waals surface area contributed by atoms with E-state index in [1.165, 1.54) is 0 Å². The molecule has 0 unspecified atom stereocenters. The summed E-state index contributed by atoms with van der Waals surface area (Å²) in [7, 11) is 0. The van der Waals surface area contributed by atoms with E-state index in [0.29, 0.717) is 16.6 Å². The number of piperidine rings is 1. The van der Waals surface area contributed by atoms with Crippen LogP contribution in [0.5, 0.6) is 0 Å². The fourth-order valence-corrected chi connectivity index (χ4v) is 3.79. The van der Waals surface area contributed by atoms with Crippen LogP contribution in [0.2, 0.25) is 10.0 Å². The largest absolute Gasteiger partial charge is 0.326 e. The Bertz CT molecular complexity index is 743. The molecule has 1 atom stereocenters. The lowest BCUT2D eigenvalue weighted by molar-refractivity contribution is -0.121. The molecule has 1 N–H and O–H groups in total. The number of amides is 1. The second kappa shape index (κ2) is 8.22. The molecular formula is C20H22Cl2N2O. The predicted molar refractivity (Wildman–Crippen MR) is 104 cm³/mol. The third-order valence-corrected chi connectivity index (χ3v) is 5.43. The van der Waals surface area contributed by atoms with E-state index in [4.69, 9.17) is 23.2 Å². The van der Waals surface area contributed by atoms with Crippen molar-refractivity contribution in [2.24, 2.45) is 5.92 Å². The van der Waals surface area contributed by atoms with Crippen molar-refractivity contribution in [1.29, 1.82) is 0 Å². The molecule has 0 aromatic heterocycles. The molecule has 1 fully saturated rings. The molecule has 2 aromatic carbocycles. The first-order valence-electron chi connectivity index (χ1n) is 8.56. The standard InChI is InChI=1S/C20H22Cl2N2O/c1-14-6-2-3-10-19(14)23-20(25)15-7-5-11-24(12-15)13-16-17(21)8-4-9-18(16)22/h2-4,6,8-10,15H,5,7,11-13H2,1H3,(H,23,25)/t15-/m1/s1. The van der Waals surface area contributed by atoms with Crippen LogP contribution in [0.15, 0.2) is 42.5 Å². The molecule has 25 heavy (non-hydrogen) atoms. The quantitative estimate of drug-likeness (QED) is 0.799. The number of halogens is 2. The fraction of sp³-hybridized carbons (Fsp3) is 0.350. The summed E-state index contributed by atoms with van der Waals surface area (Å²) in [6.07, 6.45) is 1.90. The average Bonchev–Trinajstić information content (AvgIpc) is 2.60. The highest BCUT2D eigenvalue weighted by Crippen LogP contribution is 2.28. The lowest BCUT2D eigenvalue weighted by Gasteiger charge is -2.32. The number of nitrogens with zero attached hydrogens (tertiary/aromatic N) is 1. The van der Waals surface area contributed by atoms with Gasteiger partial charge in [0.25, 0.3) is 0 Å². The van der Waals surface area contributed by atoms with Gasteiger partial charge in [0, 0.05) is 34.4 Å². The van der Waals surface area contributed by atoms with Gasteiger partial charge in [-0.15, -0.1) is 0 Å². The molecule has 1 aliphatic rings. The van der Waals surface area contributed by atoms with E-state index in [1.807, 2.05) is 49.4 Å². The van der Waals surface area contributed by atoms with E-state index < -0.39 is 0 Å². The lowest BCUT2D eigenvalue weighted by atomic mass is 9.96. The number of carbonyl (C=O) groups excluding carboxylic acids is 1. The van der Waals surface area contributed by atoms with E-state index >= 15 is 0 Å². The normalized spacial score (nSPS) is 18.1. The SMILES string of the molecule is Cc1ccccc1NC(=O)[C@@H]1CCCN(Cc2c(Cl)cccc2Cl)C1. The van der Waals surface area contributed by atoms with Crippen LogP contribution >= 0.6 is 23.2 Å². The molecule has 1 saturated heterocycles. The van der Waals surface area contributed by atoms with E-state index in [9.17, 15) is 4.79 Å². The number of rotatable bonds is 4. The van der Waals surface area contributed by atoms with E-state index in [1.54, 1.807) is 0 Å². The number of carbonyl (C=O) groups is 1. The van der Waals surface area contributed by atoms with Gasteiger partial charge in [-0.3, -0.25) is 9.69 Å². The maximum Gasteiger partial charge on any atom is 0.228 e. The minimum Gasteiger partial charge on any atom is -0.326 e. The van der Waals surface area contributed by atoms with Crippen LogP contribution < -0.4 is 5.32 Å². The number of hydrogen-bond acceptors (Lipinski definition) is 2. The van der Waals surface area contributed by atoms with Crippen molar-refractivity contribution >= 4 is 34.8 Å². The van der Waals surface area contributed by atoms with Crippen molar-refractivity contribution in [1.82, 2.24) is 4.90 Å². The Kier molecular flexibility index (Phi) is 6.00. The second-order valence-electron chi connectivity index (χ2n) is 6.58. The van der Waals surface area contributed by atoms with Crippen molar-refractivity contribution in [2.45, 2.75) is 26.3 Å². The Hall–Kier alpha value is -1.55. The average molecular weight is 377 g/mol. The summed E-state index contributed by atoms with van der Waals surface area (Å²) in [6, 6.07) is 13.4. The Morgan fingerprint density at radius 3 is 2.60 bits per heavy atom. The van der Waals surface area contributed by atoms with Gasteiger partial charge in [-0.25, -0.2) is 0 Å². The van der Waals surface area contributed by atoms with Crippen molar-refractivity contribution in [3.63, 3.8) is 0 Å². The second-order valence-corrected chi connectivity index (χ2v) is 7.39. The third kappa shape index (κ3) is 4.55. The number of nitrogens with one attached hydrogen (secondary N) is 1. The van der Waals surface area contributed by atoms with Gasteiger partial charge in [0.05, 0.1) is 5.92 Å². The van der Waals surface area contributed by atoms with E-state index in [2.05, 4.69) is 10.2 Å². The summed E-state index contributed by atoms with van der Waals surface area (Å²) >= 11 is 12.6. The number of hydrogen-bond donors (Lipinski definition) is 1. The molecule has 0 spiro atoms. The number of benzene rings is 2. The molecule has 5 heteroatoms. The number of likely N-dealkylation sites (tertiary alicyclic amines) is 1. The molecule has 1 amide bonds. The molecular weight excluding hydrogens is 355 g/mol. The van der Waals surface area contributed by atoms with Gasteiger partial charge in [-0.2, -0.15) is 0 Å². The summed E-state index contributed by atoms with van der Waals surface area (Å²) in [5.74, 6) is 0.0684. The molecule has 2 aromatic rings. The predicted octanol–water partition coefficient (Wildman–Crippen LogP) is 5.15. The van der Waals surface area contributed by atoms with Gasteiger partial charge in [-0.1, -0.05) is 47.5 Å². The van der Waals surface area contributed by atoms with Crippen molar-refractivity contribution in [2.75, 3.05) is 18.4 Å². The van der Waals surface area contributed by atoms with Gasteiger partial charge in [-0.05, 0) is 50.1 Å². The smallest absolute Gasteiger partial charge is 0.228 e. The molecule has 0 saturated carbocycles. The van der Waals surface area contributed by atoms with Crippen LogP contribution in [0, 0.1) is 12.8 Å². The van der Waals surface area contributed by atoms with Gasteiger partial charge in [0.1, 0.15) is 0 Å². The van der Waals surface area contributed by atoms with Gasteiger partial charge in [0.15, 0.2) is 0 Å².